The molecule has 0 aromatic heterocycles. The van der Waals surface area contributed by atoms with Gasteiger partial charge in [0.25, 0.3) is 5.91 Å². The Labute approximate surface area is 60.3 Å². The van der Waals surface area contributed by atoms with Gasteiger partial charge in [0.2, 0.25) is 0 Å². The van der Waals surface area contributed by atoms with Crippen LogP contribution < -0.4 is 11.1 Å². The first-order valence-electron chi connectivity index (χ1n) is 3.28. The normalized spacial score (nSPS) is 9.00. The van der Waals surface area contributed by atoms with Gasteiger partial charge < -0.3 is 11.1 Å². The van der Waals surface area contributed by atoms with E-state index in [1.54, 1.807) is 0 Å². The molecule has 58 valence electrons. The van der Waals surface area contributed by atoms with Crippen molar-refractivity contribution < 1.29 is 4.79 Å². The number of nitrogens with two attached hydrogens (primary N) is 1. The average molecular weight is 143 g/mol. The van der Waals surface area contributed by atoms with Crippen LogP contribution in [0.1, 0.15) is 13.3 Å². The summed E-state index contributed by atoms with van der Waals surface area (Å²) in [7, 11) is 0. The number of hydrogen-bond acceptors (Lipinski definition) is 3. The lowest BCUT2D eigenvalue weighted by Gasteiger charge is -2.01. The molecule has 0 radical (unpaired) electrons. The summed E-state index contributed by atoms with van der Waals surface area (Å²) in [4.78, 5) is 10.7. The Balaban J connectivity index is 3.52. The zero-order valence-electron chi connectivity index (χ0n) is 6.11. The molecular weight excluding hydrogens is 130 g/mol. The van der Waals surface area contributed by atoms with Gasteiger partial charge in [-0.05, 0) is 6.42 Å². The summed E-state index contributed by atoms with van der Waals surface area (Å²) in [5.41, 5.74) is 5.00. The van der Waals surface area contributed by atoms with Crippen molar-refractivity contribution in [1.29, 1.82) is 5.41 Å². The summed E-state index contributed by atoms with van der Waals surface area (Å²) in [5.74, 6) is -0.357. The average Bonchev–Trinajstić information content (AvgIpc) is 1.98. The summed E-state index contributed by atoms with van der Waals surface area (Å²) in [6, 6.07) is 0. The van der Waals surface area contributed by atoms with Crippen LogP contribution in [-0.4, -0.2) is 24.7 Å². The van der Waals surface area contributed by atoms with Crippen molar-refractivity contribution >= 4 is 11.6 Å². The highest BCUT2D eigenvalue weighted by atomic mass is 16.1. The van der Waals surface area contributed by atoms with E-state index in [0.29, 0.717) is 6.54 Å². The number of hydrogen-bond donors (Lipinski definition) is 3. The molecule has 0 saturated carbocycles. The minimum Gasteiger partial charge on any atom is -0.351 e. The van der Waals surface area contributed by atoms with Crippen LogP contribution in [0.3, 0.4) is 0 Å². The molecule has 4 N–H and O–H groups in total. The Bertz CT molecular complexity index is 133. The van der Waals surface area contributed by atoms with Crippen molar-refractivity contribution in [2.45, 2.75) is 13.3 Å². The number of carbonyl (C=O) groups excluding carboxylic acids is 1. The molecule has 1 amide bonds. The summed E-state index contributed by atoms with van der Waals surface area (Å²) >= 11 is 0. The molecular formula is C6H13N3O. The Morgan fingerprint density at radius 1 is 1.70 bits per heavy atom. The molecule has 0 aliphatic carbocycles. The minimum atomic E-state index is -0.357. The highest BCUT2D eigenvalue weighted by Gasteiger charge is 2.03. The summed E-state index contributed by atoms with van der Waals surface area (Å²) in [6.45, 7) is 2.57. The van der Waals surface area contributed by atoms with E-state index in [4.69, 9.17) is 11.1 Å². The van der Waals surface area contributed by atoms with E-state index >= 15 is 0 Å². The second kappa shape index (κ2) is 4.93. The van der Waals surface area contributed by atoms with Gasteiger partial charge in [-0.1, -0.05) is 6.92 Å². The molecule has 0 heterocycles. The molecule has 0 aliphatic rings. The molecule has 0 rings (SSSR count). The maximum atomic E-state index is 10.7. The number of rotatable bonds is 4. The van der Waals surface area contributed by atoms with Crippen molar-refractivity contribution in [3.63, 3.8) is 0 Å². The molecule has 0 saturated heterocycles. The fourth-order valence-corrected chi connectivity index (χ4v) is 0.438. The zero-order valence-corrected chi connectivity index (χ0v) is 6.11. The quantitative estimate of drug-likeness (QED) is 0.463. The smallest absolute Gasteiger partial charge is 0.266 e. The standard InChI is InChI=1S/C6H13N3O/c1-2-3-9-6(10)5(8)4-7/h8H,2-4,7H2,1H3,(H,9,10). The molecule has 0 fully saturated rings. The predicted molar refractivity (Wildman–Crippen MR) is 40.1 cm³/mol. The van der Waals surface area contributed by atoms with Crippen LogP contribution in [0.15, 0.2) is 0 Å². The van der Waals surface area contributed by atoms with E-state index in [9.17, 15) is 4.79 Å². The molecule has 0 aromatic rings. The van der Waals surface area contributed by atoms with Crippen LogP contribution in [-0.2, 0) is 4.79 Å². The van der Waals surface area contributed by atoms with E-state index in [0.717, 1.165) is 6.42 Å². The zero-order chi connectivity index (χ0) is 7.98. The van der Waals surface area contributed by atoms with Crippen LogP contribution in [0.4, 0.5) is 0 Å². The van der Waals surface area contributed by atoms with Crippen molar-refractivity contribution in [1.82, 2.24) is 5.32 Å². The van der Waals surface area contributed by atoms with E-state index in [1.165, 1.54) is 0 Å². The summed E-state index contributed by atoms with van der Waals surface area (Å²) in [5, 5.41) is 9.52. The Hall–Kier alpha value is -0.900. The van der Waals surface area contributed by atoms with Gasteiger partial charge >= 0.3 is 0 Å². The fraction of sp³-hybridized carbons (Fsp3) is 0.667. The van der Waals surface area contributed by atoms with Crippen molar-refractivity contribution in [2.75, 3.05) is 13.1 Å². The molecule has 0 aliphatic heterocycles. The van der Waals surface area contributed by atoms with Crippen LogP contribution in [0.25, 0.3) is 0 Å². The van der Waals surface area contributed by atoms with Gasteiger partial charge in [0.15, 0.2) is 0 Å². The van der Waals surface area contributed by atoms with Gasteiger partial charge in [-0.2, -0.15) is 0 Å². The van der Waals surface area contributed by atoms with E-state index in [1.807, 2.05) is 6.92 Å². The van der Waals surface area contributed by atoms with Gasteiger partial charge in [-0.25, -0.2) is 0 Å². The van der Waals surface area contributed by atoms with Crippen LogP contribution in [0, 0.1) is 5.41 Å². The Kier molecular flexibility index (Phi) is 4.49. The lowest BCUT2D eigenvalue weighted by atomic mass is 10.3. The third kappa shape index (κ3) is 3.19. The largest absolute Gasteiger partial charge is 0.351 e. The van der Waals surface area contributed by atoms with Crippen molar-refractivity contribution in [3.05, 3.63) is 0 Å². The molecule has 10 heavy (non-hydrogen) atoms. The monoisotopic (exact) mass is 143 g/mol. The van der Waals surface area contributed by atoms with Gasteiger partial charge in [-0.3, -0.25) is 10.2 Å². The molecule has 0 spiro atoms. The molecule has 0 aromatic carbocycles. The number of amides is 1. The van der Waals surface area contributed by atoms with Gasteiger partial charge in [0, 0.05) is 13.1 Å². The maximum absolute atomic E-state index is 10.7. The summed E-state index contributed by atoms with van der Waals surface area (Å²) in [6.07, 6.45) is 0.879. The first-order valence-corrected chi connectivity index (χ1v) is 3.28. The topological polar surface area (TPSA) is 79.0 Å². The molecule has 4 heteroatoms. The Morgan fingerprint density at radius 3 is 2.70 bits per heavy atom. The first kappa shape index (κ1) is 9.10. The predicted octanol–water partition coefficient (Wildman–Crippen LogP) is -0.509. The molecule has 0 unspecified atom stereocenters. The second-order valence-electron chi connectivity index (χ2n) is 1.94. The van der Waals surface area contributed by atoms with Crippen molar-refractivity contribution in [2.24, 2.45) is 5.73 Å². The van der Waals surface area contributed by atoms with Gasteiger partial charge in [-0.15, -0.1) is 0 Å². The third-order valence-electron chi connectivity index (χ3n) is 1.01. The maximum Gasteiger partial charge on any atom is 0.266 e. The first-order chi connectivity index (χ1) is 4.72. The van der Waals surface area contributed by atoms with E-state index in [2.05, 4.69) is 5.32 Å². The summed E-state index contributed by atoms with van der Waals surface area (Å²) < 4.78 is 0. The van der Waals surface area contributed by atoms with Gasteiger partial charge in [0.1, 0.15) is 5.71 Å². The number of nitrogens with one attached hydrogen (secondary N) is 2. The third-order valence-corrected chi connectivity index (χ3v) is 1.01. The van der Waals surface area contributed by atoms with E-state index < -0.39 is 0 Å². The molecule has 0 atom stereocenters. The van der Waals surface area contributed by atoms with E-state index in [-0.39, 0.29) is 18.2 Å². The highest BCUT2D eigenvalue weighted by molar-refractivity contribution is 6.38. The Morgan fingerprint density at radius 2 is 2.30 bits per heavy atom. The van der Waals surface area contributed by atoms with Gasteiger partial charge in [0.05, 0.1) is 0 Å². The number of carbonyl (C=O) groups is 1. The lowest BCUT2D eigenvalue weighted by molar-refractivity contribution is -0.114. The highest BCUT2D eigenvalue weighted by Crippen LogP contribution is 1.73. The van der Waals surface area contributed by atoms with Crippen molar-refractivity contribution in [3.8, 4) is 0 Å². The minimum absolute atomic E-state index is 0.00947. The molecule has 4 nitrogen and oxygen atoms in total. The van der Waals surface area contributed by atoms with Crippen LogP contribution in [0.5, 0.6) is 0 Å². The second-order valence-corrected chi connectivity index (χ2v) is 1.94. The SMILES string of the molecule is CCCNC(=O)C(=N)CN. The fourth-order valence-electron chi connectivity index (χ4n) is 0.438. The van der Waals surface area contributed by atoms with Crippen LogP contribution >= 0.6 is 0 Å². The lowest BCUT2D eigenvalue weighted by Crippen LogP contribution is -2.35. The molecule has 0 bridgehead atoms. The van der Waals surface area contributed by atoms with Crippen LogP contribution in [0.2, 0.25) is 0 Å².